The average Bonchev–Trinajstić information content (AvgIpc) is 3.00. The van der Waals surface area contributed by atoms with Gasteiger partial charge in [-0.3, -0.25) is 19.1 Å². The number of hydrogen-bond acceptors (Lipinski definition) is 7. The fraction of sp³-hybridized carbons (Fsp3) is 0.588. The summed E-state index contributed by atoms with van der Waals surface area (Å²) in [6, 6.07) is -1.10. The van der Waals surface area contributed by atoms with Crippen LogP contribution in [0.2, 0.25) is 0 Å². The standard InChI is InChI=1S/C17H24N4O7S/c1-9-6-20(15(26)19-13(9)23)7-11(22)21-10(14(24)25)8-29-12(21)5-18-16(27)28-17(2,3)4/h6,10,12H,5,7-8H2,1-4H3,(H,18,27)(H,24,25)(H,19,23,26)/t10-,12+/m0/s1. The third-order valence-corrected chi connectivity index (χ3v) is 5.27. The average molecular weight is 428 g/mol. The van der Waals surface area contributed by atoms with Crippen LogP contribution in [0.5, 0.6) is 0 Å². The summed E-state index contributed by atoms with van der Waals surface area (Å²) in [7, 11) is 0. The molecule has 11 nitrogen and oxygen atoms in total. The number of alkyl carbamates (subject to hydrolysis) is 1. The van der Waals surface area contributed by atoms with Crippen molar-refractivity contribution in [1.82, 2.24) is 19.8 Å². The number of carboxylic acid groups (broad SMARTS) is 1. The number of aryl methyl sites for hydroxylation is 1. The zero-order valence-corrected chi connectivity index (χ0v) is 17.4. The monoisotopic (exact) mass is 428 g/mol. The highest BCUT2D eigenvalue weighted by atomic mass is 32.2. The molecular weight excluding hydrogens is 404 g/mol. The highest BCUT2D eigenvalue weighted by Crippen LogP contribution is 2.29. The molecular formula is C17H24N4O7S. The summed E-state index contributed by atoms with van der Waals surface area (Å²) in [5, 5.41) is 11.3. The molecule has 0 unspecified atom stereocenters. The molecule has 2 rings (SSSR count). The van der Waals surface area contributed by atoms with E-state index in [0.717, 1.165) is 9.47 Å². The van der Waals surface area contributed by atoms with Crippen LogP contribution in [-0.2, 0) is 20.9 Å². The number of aliphatic carboxylic acids is 1. The van der Waals surface area contributed by atoms with Crippen molar-refractivity contribution in [1.29, 1.82) is 0 Å². The lowest BCUT2D eigenvalue weighted by atomic mass is 10.2. The van der Waals surface area contributed by atoms with E-state index < -0.39 is 52.8 Å². The van der Waals surface area contributed by atoms with E-state index in [0.29, 0.717) is 0 Å². The molecule has 1 fully saturated rings. The predicted molar refractivity (Wildman–Crippen MR) is 105 cm³/mol. The van der Waals surface area contributed by atoms with Crippen molar-refractivity contribution >= 4 is 29.7 Å². The summed E-state index contributed by atoms with van der Waals surface area (Å²) in [4.78, 5) is 62.9. The fourth-order valence-electron chi connectivity index (χ4n) is 2.69. The number of hydrogen-bond donors (Lipinski definition) is 3. The molecule has 0 radical (unpaired) electrons. The molecule has 1 aromatic heterocycles. The molecule has 2 amide bonds. The van der Waals surface area contributed by atoms with E-state index in [1.807, 2.05) is 0 Å². The number of carboxylic acids is 1. The van der Waals surface area contributed by atoms with Gasteiger partial charge in [0, 0.05) is 17.5 Å². The van der Waals surface area contributed by atoms with E-state index in [9.17, 15) is 29.1 Å². The van der Waals surface area contributed by atoms with Crippen molar-refractivity contribution in [3.63, 3.8) is 0 Å². The molecule has 0 bridgehead atoms. The van der Waals surface area contributed by atoms with Crippen LogP contribution >= 0.6 is 11.8 Å². The molecule has 1 aliphatic rings. The number of amides is 2. The molecule has 2 atom stereocenters. The predicted octanol–water partition coefficient (Wildman–Crippen LogP) is -0.276. The van der Waals surface area contributed by atoms with Gasteiger partial charge < -0.3 is 20.1 Å². The zero-order chi connectivity index (χ0) is 21.9. The van der Waals surface area contributed by atoms with Crippen LogP contribution in [0.3, 0.4) is 0 Å². The number of H-pyrrole nitrogens is 1. The van der Waals surface area contributed by atoms with Crippen molar-refractivity contribution in [2.45, 2.75) is 51.3 Å². The Kier molecular flexibility index (Phi) is 6.77. The van der Waals surface area contributed by atoms with Crippen molar-refractivity contribution in [3.8, 4) is 0 Å². The lowest BCUT2D eigenvalue weighted by Gasteiger charge is -2.28. The third kappa shape index (κ3) is 5.86. The quantitative estimate of drug-likeness (QED) is 0.580. The Morgan fingerprint density at radius 3 is 2.59 bits per heavy atom. The Morgan fingerprint density at radius 1 is 1.34 bits per heavy atom. The molecule has 1 aliphatic heterocycles. The smallest absolute Gasteiger partial charge is 0.407 e. The molecule has 0 aliphatic carbocycles. The Morgan fingerprint density at radius 2 is 2.00 bits per heavy atom. The number of thioether (sulfide) groups is 1. The highest BCUT2D eigenvalue weighted by Gasteiger charge is 2.41. The Labute approximate surface area is 170 Å². The normalized spacial score (nSPS) is 19.1. The summed E-state index contributed by atoms with van der Waals surface area (Å²) < 4.78 is 6.16. The molecule has 0 aromatic carbocycles. The van der Waals surface area contributed by atoms with Gasteiger partial charge in [0.15, 0.2) is 0 Å². The number of nitrogens with zero attached hydrogens (tertiary/aromatic N) is 2. The van der Waals surface area contributed by atoms with E-state index in [4.69, 9.17) is 4.74 Å². The number of aromatic nitrogens is 2. The van der Waals surface area contributed by atoms with Crippen molar-refractivity contribution in [2.24, 2.45) is 0 Å². The van der Waals surface area contributed by atoms with Gasteiger partial charge in [0.25, 0.3) is 5.56 Å². The number of ether oxygens (including phenoxy) is 1. The van der Waals surface area contributed by atoms with Crippen LogP contribution < -0.4 is 16.6 Å². The van der Waals surface area contributed by atoms with Crippen LogP contribution in [0.4, 0.5) is 4.79 Å². The number of nitrogens with one attached hydrogen (secondary N) is 2. The van der Waals surface area contributed by atoms with Crippen molar-refractivity contribution in [3.05, 3.63) is 32.6 Å². The fourth-order valence-corrected chi connectivity index (χ4v) is 4.03. The van der Waals surface area contributed by atoms with E-state index in [1.54, 1.807) is 20.8 Å². The van der Waals surface area contributed by atoms with Gasteiger partial charge in [0.2, 0.25) is 5.91 Å². The van der Waals surface area contributed by atoms with Gasteiger partial charge in [-0.15, -0.1) is 11.8 Å². The van der Waals surface area contributed by atoms with E-state index >= 15 is 0 Å². The molecule has 3 N–H and O–H groups in total. The molecule has 0 saturated carbocycles. The van der Waals surface area contributed by atoms with Gasteiger partial charge in [0.1, 0.15) is 18.2 Å². The largest absolute Gasteiger partial charge is 0.480 e. The van der Waals surface area contributed by atoms with Crippen LogP contribution in [0.25, 0.3) is 0 Å². The summed E-state index contributed by atoms with van der Waals surface area (Å²) in [5.41, 5.74) is -1.78. The molecule has 1 saturated heterocycles. The number of rotatable bonds is 5. The molecule has 29 heavy (non-hydrogen) atoms. The lowest BCUT2D eigenvalue weighted by molar-refractivity contribution is -0.149. The van der Waals surface area contributed by atoms with Gasteiger partial charge in [0.05, 0.1) is 11.9 Å². The maximum absolute atomic E-state index is 12.8. The summed E-state index contributed by atoms with van der Waals surface area (Å²) in [6.07, 6.45) is 0.559. The van der Waals surface area contributed by atoms with Crippen LogP contribution in [-0.4, -0.2) is 66.8 Å². The summed E-state index contributed by atoms with van der Waals surface area (Å²) in [6.45, 7) is 6.14. The molecule has 160 valence electrons. The minimum absolute atomic E-state index is 0.0192. The number of aromatic amines is 1. The molecule has 2 heterocycles. The second kappa shape index (κ2) is 8.72. The van der Waals surface area contributed by atoms with Crippen LogP contribution in [0, 0.1) is 6.92 Å². The van der Waals surface area contributed by atoms with Crippen LogP contribution in [0.15, 0.2) is 15.8 Å². The van der Waals surface area contributed by atoms with Gasteiger partial charge in [-0.05, 0) is 27.7 Å². The third-order valence-electron chi connectivity index (χ3n) is 3.98. The first-order valence-corrected chi connectivity index (χ1v) is 9.86. The van der Waals surface area contributed by atoms with E-state index in [2.05, 4.69) is 10.3 Å². The van der Waals surface area contributed by atoms with Crippen LogP contribution in [0.1, 0.15) is 26.3 Å². The highest BCUT2D eigenvalue weighted by molar-refractivity contribution is 8.00. The Balaban J connectivity index is 2.16. The first-order chi connectivity index (χ1) is 13.4. The van der Waals surface area contributed by atoms with Crippen molar-refractivity contribution in [2.75, 3.05) is 12.3 Å². The van der Waals surface area contributed by atoms with E-state index in [-0.39, 0.29) is 17.9 Å². The zero-order valence-electron chi connectivity index (χ0n) is 16.6. The molecule has 12 heteroatoms. The van der Waals surface area contributed by atoms with Gasteiger partial charge in [-0.1, -0.05) is 0 Å². The Bertz CT molecular complexity index is 918. The number of carbonyl (C=O) groups excluding carboxylic acids is 2. The van der Waals surface area contributed by atoms with E-state index in [1.165, 1.54) is 24.9 Å². The number of carbonyl (C=O) groups is 3. The minimum Gasteiger partial charge on any atom is -0.480 e. The Hall–Kier alpha value is -2.76. The van der Waals surface area contributed by atoms with Gasteiger partial charge >= 0.3 is 17.8 Å². The summed E-state index contributed by atoms with van der Waals surface area (Å²) >= 11 is 1.20. The minimum atomic E-state index is -1.18. The topological polar surface area (TPSA) is 151 Å². The second-order valence-corrected chi connectivity index (χ2v) is 8.74. The molecule has 0 spiro atoms. The molecule has 1 aromatic rings. The lowest BCUT2D eigenvalue weighted by Crippen LogP contribution is -2.51. The first kappa shape index (κ1) is 22.5. The second-order valence-electron chi connectivity index (χ2n) is 7.53. The summed E-state index contributed by atoms with van der Waals surface area (Å²) in [5.74, 6) is -1.66. The van der Waals surface area contributed by atoms with Gasteiger partial charge in [-0.25, -0.2) is 14.4 Å². The van der Waals surface area contributed by atoms with Gasteiger partial charge in [-0.2, -0.15) is 0 Å². The first-order valence-electron chi connectivity index (χ1n) is 8.82. The maximum atomic E-state index is 12.8. The SMILES string of the molecule is Cc1cn(CC(=O)N2[C@@H](CNC(=O)OC(C)(C)C)SC[C@H]2C(=O)O)c(=O)[nH]c1=O. The maximum Gasteiger partial charge on any atom is 0.407 e. The van der Waals surface area contributed by atoms with Crippen molar-refractivity contribution < 1.29 is 24.2 Å².